The summed E-state index contributed by atoms with van der Waals surface area (Å²) in [4.78, 5) is 9.12. The van der Waals surface area contributed by atoms with Crippen LogP contribution in [0.25, 0.3) is 31.9 Å². The van der Waals surface area contributed by atoms with Crippen LogP contribution in [0.1, 0.15) is 18.9 Å². The van der Waals surface area contributed by atoms with E-state index >= 15 is 0 Å². The average Bonchev–Trinajstić information content (AvgIpc) is 3.36. The van der Waals surface area contributed by atoms with Gasteiger partial charge in [-0.05, 0) is 50.2 Å². The van der Waals surface area contributed by atoms with Crippen molar-refractivity contribution in [1.82, 2.24) is 25.1 Å². The van der Waals surface area contributed by atoms with E-state index in [-0.39, 0.29) is 0 Å². The van der Waals surface area contributed by atoms with Crippen molar-refractivity contribution in [2.75, 3.05) is 18.8 Å². The lowest BCUT2D eigenvalue weighted by Gasteiger charge is -2.22. The van der Waals surface area contributed by atoms with Crippen LogP contribution in [0.15, 0.2) is 42.9 Å². The summed E-state index contributed by atoms with van der Waals surface area (Å²) in [6, 6.07) is 8.22. The van der Waals surface area contributed by atoms with Crippen LogP contribution in [0.3, 0.4) is 0 Å². The Morgan fingerprint density at radius 1 is 1.14 bits per heavy atom. The minimum atomic E-state index is 0.449. The quantitative estimate of drug-likeness (QED) is 0.523. The number of pyridine rings is 1. The maximum Gasteiger partial charge on any atom is 0.133 e. The van der Waals surface area contributed by atoms with Gasteiger partial charge in [0.2, 0.25) is 0 Å². The van der Waals surface area contributed by atoms with Crippen LogP contribution >= 0.6 is 22.9 Å². The Bertz CT molecular complexity index is 1140. The van der Waals surface area contributed by atoms with Gasteiger partial charge in [0.15, 0.2) is 0 Å². The molecule has 1 saturated heterocycles. The highest BCUT2D eigenvalue weighted by atomic mass is 35.5. The SMILES string of the molecule is Nc1ncc(-c2cnn(C3CCNCC3)c2)cc1-c1nc2cc(Cl)ccc2s1. The summed E-state index contributed by atoms with van der Waals surface area (Å²) < 4.78 is 3.15. The number of aromatic nitrogens is 4. The second-order valence-corrected chi connectivity index (χ2v) is 8.45. The Kier molecular flexibility index (Phi) is 4.50. The fourth-order valence-corrected chi connectivity index (χ4v) is 4.72. The van der Waals surface area contributed by atoms with E-state index in [1.165, 1.54) is 0 Å². The van der Waals surface area contributed by atoms with Crippen LogP contribution in [-0.2, 0) is 0 Å². The van der Waals surface area contributed by atoms with Gasteiger partial charge in [0, 0.05) is 28.5 Å². The van der Waals surface area contributed by atoms with Gasteiger partial charge in [-0.1, -0.05) is 11.6 Å². The lowest BCUT2D eigenvalue weighted by molar-refractivity contribution is 0.343. The van der Waals surface area contributed by atoms with Gasteiger partial charge in [-0.2, -0.15) is 5.10 Å². The third kappa shape index (κ3) is 3.26. The molecule has 1 aliphatic rings. The van der Waals surface area contributed by atoms with Crippen LogP contribution in [0, 0.1) is 0 Å². The molecule has 4 aromatic rings. The number of hydrogen-bond acceptors (Lipinski definition) is 6. The predicted molar refractivity (Wildman–Crippen MR) is 115 cm³/mol. The fourth-order valence-electron chi connectivity index (χ4n) is 3.58. The number of piperidine rings is 1. The number of nitrogens with two attached hydrogens (primary N) is 1. The number of benzene rings is 1. The topological polar surface area (TPSA) is 81.6 Å². The third-order valence-electron chi connectivity index (χ3n) is 5.12. The Labute approximate surface area is 171 Å². The van der Waals surface area contributed by atoms with Crippen molar-refractivity contribution in [1.29, 1.82) is 0 Å². The Hall–Kier alpha value is -2.48. The van der Waals surface area contributed by atoms with Crippen molar-refractivity contribution >= 4 is 39.0 Å². The molecule has 0 amide bonds. The summed E-state index contributed by atoms with van der Waals surface area (Å²) in [6.07, 6.45) is 8.00. The van der Waals surface area contributed by atoms with Crippen molar-refractivity contribution in [3.8, 4) is 21.7 Å². The van der Waals surface area contributed by atoms with Crippen LogP contribution in [0.5, 0.6) is 0 Å². The Morgan fingerprint density at radius 2 is 2.00 bits per heavy atom. The Balaban J connectivity index is 1.51. The number of rotatable bonds is 3. The van der Waals surface area contributed by atoms with E-state index in [0.717, 1.165) is 57.8 Å². The molecule has 3 aromatic heterocycles. The molecule has 0 atom stereocenters. The van der Waals surface area contributed by atoms with Gasteiger partial charge in [0.25, 0.3) is 0 Å². The molecule has 0 bridgehead atoms. The van der Waals surface area contributed by atoms with Gasteiger partial charge >= 0.3 is 0 Å². The predicted octanol–water partition coefficient (Wildman–Crippen LogP) is 4.38. The number of fused-ring (bicyclic) bond motifs is 1. The maximum absolute atomic E-state index is 6.18. The van der Waals surface area contributed by atoms with Gasteiger partial charge in [0.1, 0.15) is 10.8 Å². The van der Waals surface area contributed by atoms with Crippen LogP contribution in [0.2, 0.25) is 5.02 Å². The smallest absolute Gasteiger partial charge is 0.133 e. The highest BCUT2D eigenvalue weighted by Crippen LogP contribution is 2.36. The Morgan fingerprint density at radius 3 is 2.86 bits per heavy atom. The van der Waals surface area contributed by atoms with Crippen LogP contribution in [-0.4, -0.2) is 32.8 Å². The van der Waals surface area contributed by atoms with Crippen LogP contribution < -0.4 is 11.1 Å². The van der Waals surface area contributed by atoms with E-state index in [9.17, 15) is 0 Å². The zero-order chi connectivity index (χ0) is 19.1. The molecule has 4 heterocycles. The third-order valence-corrected chi connectivity index (χ3v) is 6.42. The van der Waals surface area contributed by atoms with Gasteiger partial charge in [-0.15, -0.1) is 11.3 Å². The number of hydrogen-bond donors (Lipinski definition) is 2. The number of halogens is 1. The molecule has 28 heavy (non-hydrogen) atoms. The lowest BCUT2D eigenvalue weighted by atomic mass is 10.1. The molecule has 5 rings (SSSR count). The second-order valence-electron chi connectivity index (χ2n) is 6.98. The zero-order valence-electron chi connectivity index (χ0n) is 15.1. The van der Waals surface area contributed by atoms with Crippen molar-refractivity contribution in [3.05, 3.63) is 47.9 Å². The molecule has 0 spiro atoms. The molecule has 1 fully saturated rings. The van der Waals surface area contributed by atoms with E-state index in [1.807, 2.05) is 30.5 Å². The van der Waals surface area contributed by atoms with Gasteiger partial charge < -0.3 is 11.1 Å². The molecular weight excluding hydrogens is 392 g/mol. The van der Waals surface area contributed by atoms with Gasteiger partial charge in [0.05, 0.1) is 28.0 Å². The lowest BCUT2D eigenvalue weighted by Crippen LogP contribution is -2.29. The molecule has 0 aliphatic carbocycles. The molecule has 142 valence electrons. The summed E-state index contributed by atoms with van der Waals surface area (Å²) in [5, 5.41) is 9.50. The minimum absolute atomic E-state index is 0.449. The number of nitrogen functional groups attached to an aromatic ring is 1. The first kappa shape index (κ1) is 17.6. The van der Waals surface area contributed by atoms with E-state index in [2.05, 4.69) is 26.3 Å². The number of nitrogens with one attached hydrogen (secondary N) is 1. The maximum atomic E-state index is 6.18. The first-order valence-electron chi connectivity index (χ1n) is 9.24. The first-order chi connectivity index (χ1) is 13.7. The fraction of sp³-hybridized carbons (Fsp3) is 0.250. The molecule has 1 aliphatic heterocycles. The molecule has 1 aromatic carbocycles. The molecule has 3 N–H and O–H groups in total. The number of thiazole rings is 1. The highest BCUT2D eigenvalue weighted by molar-refractivity contribution is 7.21. The number of anilines is 1. The van der Waals surface area contributed by atoms with Gasteiger partial charge in [-0.3, -0.25) is 4.68 Å². The summed E-state index contributed by atoms with van der Waals surface area (Å²) in [5.41, 5.74) is 9.91. The second kappa shape index (κ2) is 7.16. The van der Waals surface area contributed by atoms with Crippen molar-refractivity contribution in [2.45, 2.75) is 18.9 Å². The van der Waals surface area contributed by atoms with Crippen LogP contribution in [0.4, 0.5) is 5.82 Å². The van der Waals surface area contributed by atoms with E-state index in [1.54, 1.807) is 17.5 Å². The van der Waals surface area contributed by atoms with Crippen molar-refractivity contribution < 1.29 is 0 Å². The van der Waals surface area contributed by atoms with E-state index < -0.39 is 0 Å². The summed E-state index contributed by atoms with van der Waals surface area (Å²) in [7, 11) is 0. The summed E-state index contributed by atoms with van der Waals surface area (Å²) >= 11 is 7.68. The monoisotopic (exact) mass is 410 g/mol. The normalized spacial score (nSPS) is 15.3. The molecule has 6 nitrogen and oxygen atoms in total. The average molecular weight is 411 g/mol. The highest BCUT2D eigenvalue weighted by Gasteiger charge is 2.17. The zero-order valence-corrected chi connectivity index (χ0v) is 16.7. The number of nitrogens with zero attached hydrogens (tertiary/aromatic N) is 4. The molecule has 0 radical (unpaired) electrons. The molecular formula is C20H19ClN6S. The summed E-state index contributed by atoms with van der Waals surface area (Å²) in [5.74, 6) is 0.472. The van der Waals surface area contributed by atoms with E-state index in [4.69, 9.17) is 22.3 Å². The molecule has 8 heteroatoms. The van der Waals surface area contributed by atoms with Crippen molar-refractivity contribution in [3.63, 3.8) is 0 Å². The van der Waals surface area contributed by atoms with Crippen molar-refractivity contribution in [2.24, 2.45) is 0 Å². The molecule has 0 unspecified atom stereocenters. The largest absolute Gasteiger partial charge is 0.383 e. The van der Waals surface area contributed by atoms with E-state index in [0.29, 0.717) is 16.9 Å². The minimum Gasteiger partial charge on any atom is -0.383 e. The standard InChI is InChI=1S/C20H19ClN6S/c21-14-1-2-18-17(8-14)26-20(28-18)16-7-12(9-24-19(16)22)13-10-25-27(11-13)15-3-5-23-6-4-15/h1-2,7-11,15,23H,3-6H2,(H2,22,24). The first-order valence-corrected chi connectivity index (χ1v) is 10.4. The molecule has 0 saturated carbocycles. The summed E-state index contributed by atoms with van der Waals surface area (Å²) in [6.45, 7) is 2.07. The van der Waals surface area contributed by atoms with Gasteiger partial charge in [-0.25, -0.2) is 9.97 Å².